The van der Waals surface area contributed by atoms with Crippen molar-refractivity contribution in [2.45, 2.75) is 112 Å². The Morgan fingerprint density at radius 1 is 1.06 bits per heavy atom. The second-order valence-electron chi connectivity index (χ2n) is 13.0. The average Bonchev–Trinajstić information content (AvgIpc) is 2.98. The third-order valence-corrected chi connectivity index (χ3v) is 11.3. The van der Waals surface area contributed by atoms with Gasteiger partial charge >= 0.3 is 0 Å². The standard InChI is InChI=1S/C29H48O2/c1-18(2)19(3)8-9-20(4)23-11-15-29(7)26-24(12-14-28(23,29)6)27(5)13-10-22(30)16-21(27)17-25(26)31/h12,18,20-23,25-26,30-31H,3,8-11,13-17H2,1-2,4-7H3. The van der Waals surface area contributed by atoms with Crippen molar-refractivity contribution >= 4 is 0 Å². The lowest BCUT2D eigenvalue weighted by atomic mass is 9.43. The zero-order valence-electron chi connectivity index (χ0n) is 21.1. The summed E-state index contributed by atoms with van der Waals surface area (Å²) in [6.07, 6.45) is 12.0. The van der Waals surface area contributed by atoms with E-state index in [1.807, 2.05) is 0 Å². The molecule has 0 aromatic rings. The van der Waals surface area contributed by atoms with Gasteiger partial charge in [-0.05, 0) is 97.7 Å². The molecule has 0 aliphatic heterocycles. The van der Waals surface area contributed by atoms with Crippen LogP contribution in [0.25, 0.3) is 0 Å². The summed E-state index contributed by atoms with van der Waals surface area (Å²) >= 11 is 0. The minimum Gasteiger partial charge on any atom is -0.393 e. The van der Waals surface area contributed by atoms with Gasteiger partial charge in [-0.25, -0.2) is 0 Å². The van der Waals surface area contributed by atoms with Crippen LogP contribution < -0.4 is 0 Å². The Hall–Kier alpha value is -0.600. The monoisotopic (exact) mass is 428 g/mol. The van der Waals surface area contributed by atoms with Crippen molar-refractivity contribution in [3.8, 4) is 0 Å². The van der Waals surface area contributed by atoms with E-state index in [4.69, 9.17) is 0 Å². The van der Waals surface area contributed by atoms with Crippen LogP contribution in [0.15, 0.2) is 23.8 Å². The van der Waals surface area contributed by atoms with Crippen LogP contribution in [-0.2, 0) is 0 Å². The van der Waals surface area contributed by atoms with Crippen molar-refractivity contribution in [2.24, 2.45) is 45.8 Å². The predicted octanol–water partition coefficient (Wildman–Crippen LogP) is 6.92. The first-order valence-electron chi connectivity index (χ1n) is 13.2. The van der Waals surface area contributed by atoms with Crippen molar-refractivity contribution < 1.29 is 10.2 Å². The molecule has 3 saturated carbocycles. The van der Waals surface area contributed by atoms with Crippen molar-refractivity contribution in [1.29, 1.82) is 0 Å². The summed E-state index contributed by atoms with van der Waals surface area (Å²) in [6, 6.07) is 0. The van der Waals surface area contributed by atoms with E-state index in [0.717, 1.165) is 44.4 Å². The fourth-order valence-corrected chi connectivity index (χ4v) is 8.75. The first-order chi connectivity index (χ1) is 14.4. The highest BCUT2D eigenvalue weighted by atomic mass is 16.3. The fourth-order valence-electron chi connectivity index (χ4n) is 8.75. The molecule has 0 radical (unpaired) electrons. The lowest BCUT2D eigenvalue weighted by Crippen LogP contribution is -2.57. The number of rotatable bonds is 5. The van der Waals surface area contributed by atoms with Crippen molar-refractivity contribution in [2.75, 3.05) is 0 Å². The first kappa shape index (κ1) is 23.6. The van der Waals surface area contributed by atoms with Crippen molar-refractivity contribution in [1.82, 2.24) is 0 Å². The molecular weight excluding hydrogens is 380 g/mol. The molecule has 176 valence electrons. The van der Waals surface area contributed by atoms with Gasteiger partial charge in [-0.3, -0.25) is 0 Å². The van der Waals surface area contributed by atoms with E-state index < -0.39 is 0 Å². The smallest absolute Gasteiger partial charge is 0.0614 e. The summed E-state index contributed by atoms with van der Waals surface area (Å²) in [6.45, 7) is 18.8. The maximum Gasteiger partial charge on any atom is 0.0614 e. The average molecular weight is 429 g/mol. The summed E-state index contributed by atoms with van der Waals surface area (Å²) < 4.78 is 0. The highest BCUT2D eigenvalue weighted by Crippen LogP contribution is 2.71. The van der Waals surface area contributed by atoms with Gasteiger partial charge in [-0.1, -0.05) is 65.3 Å². The number of hydrogen-bond acceptors (Lipinski definition) is 2. The molecule has 3 fully saturated rings. The van der Waals surface area contributed by atoms with E-state index in [0.29, 0.717) is 23.7 Å². The van der Waals surface area contributed by atoms with Crippen LogP contribution in [0.3, 0.4) is 0 Å². The third kappa shape index (κ3) is 3.50. The van der Waals surface area contributed by atoms with Crippen LogP contribution in [-0.4, -0.2) is 22.4 Å². The Labute approximate surface area is 191 Å². The molecule has 0 bridgehead atoms. The molecule has 9 unspecified atom stereocenters. The van der Waals surface area contributed by atoms with Crippen LogP contribution in [0.1, 0.15) is 99.3 Å². The Bertz CT molecular complexity index is 737. The quantitative estimate of drug-likeness (QED) is 0.467. The number of fused-ring (bicyclic) bond motifs is 5. The molecule has 2 heteroatoms. The van der Waals surface area contributed by atoms with Gasteiger partial charge in [0, 0.05) is 5.92 Å². The van der Waals surface area contributed by atoms with Crippen molar-refractivity contribution in [3.63, 3.8) is 0 Å². The maximum absolute atomic E-state index is 11.5. The minimum absolute atomic E-state index is 0.173. The van der Waals surface area contributed by atoms with Crippen LogP contribution in [0, 0.1) is 45.8 Å². The molecule has 0 heterocycles. The highest BCUT2D eigenvalue weighted by molar-refractivity contribution is 5.33. The lowest BCUT2D eigenvalue weighted by Gasteiger charge is -2.62. The van der Waals surface area contributed by atoms with Gasteiger partial charge in [0.2, 0.25) is 0 Å². The second kappa shape index (κ2) is 8.01. The van der Waals surface area contributed by atoms with Gasteiger partial charge in [-0.2, -0.15) is 0 Å². The molecule has 0 saturated heterocycles. The Balaban J connectivity index is 1.61. The van der Waals surface area contributed by atoms with Gasteiger partial charge < -0.3 is 10.2 Å². The highest BCUT2D eigenvalue weighted by Gasteiger charge is 2.65. The minimum atomic E-state index is -0.256. The Morgan fingerprint density at radius 3 is 2.45 bits per heavy atom. The van der Waals surface area contributed by atoms with Crippen LogP contribution in [0.4, 0.5) is 0 Å². The van der Waals surface area contributed by atoms with E-state index in [1.54, 1.807) is 5.57 Å². The van der Waals surface area contributed by atoms with Crippen LogP contribution in [0.5, 0.6) is 0 Å². The molecule has 4 aliphatic carbocycles. The third-order valence-electron chi connectivity index (χ3n) is 11.3. The summed E-state index contributed by atoms with van der Waals surface area (Å²) in [7, 11) is 0. The SMILES string of the molecule is C=C(CCC(C)C1CCC2(C)C3C(=CCC12C)C1(C)CCC(O)CC1CC3O)C(C)C. The zero-order valence-corrected chi connectivity index (χ0v) is 21.1. The second-order valence-corrected chi connectivity index (χ2v) is 13.0. The molecule has 31 heavy (non-hydrogen) atoms. The molecule has 0 aromatic heterocycles. The Morgan fingerprint density at radius 2 is 1.77 bits per heavy atom. The maximum atomic E-state index is 11.5. The molecule has 9 atom stereocenters. The van der Waals surface area contributed by atoms with Crippen molar-refractivity contribution in [3.05, 3.63) is 23.8 Å². The van der Waals surface area contributed by atoms with E-state index >= 15 is 0 Å². The molecule has 0 spiro atoms. The van der Waals surface area contributed by atoms with Gasteiger partial charge in [0.25, 0.3) is 0 Å². The largest absolute Gasteiger partial charge is 0.393 e. The molecule has 4 aliphatic rings. The number of hydrogen-bond donors (Lipinski definition) is 2. The summed E-state index contributed by atoms with van der Waals surface area (Å²) in [5.41, 5.74) is 3.56. The molecule has 2 N–H and O–H groups in total. The van der Waals surface area contributed by atoms with E-state index in [2.05, 4.69) is 54.2 Å². The van der Waals surface area contributed by atoms with E-state index in [-0.39, 0.29) is 28.5 Å². The Kier molecular flexibility index (Phi) is 6.09. The summed E-state index contributed by atoms with van der Waals surface area (Å²) in [4.78, 5) is 0. The van der Waals surface area contributed by atoms with Gasteiger partial charge in [0.1, 0.15) is 0 Å². The topological polar surface area (TPSA) is 40.5 Å². The molecule has 4 rings (SSSR count). The predicted molar refractivity (Wildman–Crippen MR) is 130 cm³/mol. The first-order valence-corrected chi connectivity index (χ1v) is 13.2. The molecule has 0 aromatic carbocycles. The number of allylic oxidation sites excluding steroid dienone is 2. The van der Waals surface area contributed by atoms with Crippen LogP contribution >= 0.6 is 0 Å². The van der Waals surface area contributed by atoms with E-state index in [9.17, 15) is 10.2 Å². The molecule has 2 nitrogen and oxygen atoms in total. The summed E-state index contributed by atoms with van der Waals surface area (Å²) in [5, 5.41) is 21.8. The van der Waals surface area contributed by atoms with Gasteiger partial charge in [-0.15, -0.1) is 0 Å². The fraction of sp³-hybridized carbons (Fsp3) is 0.862. The van der Waals surface area contributed by atoms with Crippen LogP contribution in [0.2, 0.25) is 0 Å². The number of aliphatic hydroxyl groups is 2. The van der Waals surface area contributed by atoms with E-state index in [1.165, 1.54) is 24.8 Å². The van der Waals surface area contributed by atoms with Gasteiger partial charge in [0.05, 0.1) is 12.2 Å². The molecular formula is C29H48O2. The summed E-state index contributed by atoms with van der Waals surface area (Å²) in [5.74, 6) is 2.73. The number of aliphatic hydroxyl groups excluding tert-OH is 2. The van der Waals surface area contributed by atoms with Gasteiger partial charge in [0.15, 0.2) is 0 Å². The normalized spacial score (nSPS) is 47.9. The molecule has 0 amide bonds. The zero-order chi connectivity index (χ0) is 22.8. The lowest BCUT2D eigenvalue weighted by molar-refractivity contribution is -0.109.